The molecule has 1 aromatic carbocycles. The molecule has 7 nitrogen and oxygen atoms in total. The summed E-state index contributed by atoms with van der Waals surface area (Å²) < 4.78 is 10.0. The quantitative estimate of drug-likeness (QED) is 0.587. The summed E-state index contributed by atoms with van der Waals surface area (Å²) in [5.41, 5.74) is 2.11. The number of anilines is 2. The maximum Gasteiger partial charge on any atom is 0.331 e. The molecule has 1 N–H and O–H groups in total. The normalized spacial score (nSPS) is 15.7. The van der Waals surface area contributed by atoms with E-state index in [9.17, 15) is 9.59 Å². The van der Waals surface area contributed by atoms with Gasteiger partial charge in [0, 0.05) is 30.9 Å². The summed E-state index contributed by atoms with van der Waals surface area (Å²) in [5, 5.41) is 6.21. The van der Waals surface area contributed by atoms with Crippen LogP contribution in [0.2, 0.25) is 0 Å². The van der Waals surface area contributed by atoms with Crippen LogP contribution >= 0.6 is 0 Å². The minimum atomic E-state index is -0.949. The number of nitrogens with one attached hydrogen (secondary N) is 1. The van der Waals surface area contributed by atoms with E-state index in [0.717, 1.165) is 18.7 Å². The third-order valence-electron chi connectivity index (χ3n) is 4.82. The second kappa shape index (κ2) is 9.91. The molecule has 0 spiro atoms. The molecule has 2 heterocycles. The molecule has 1 amide bonds. The Kier molecular flexibility index (Phi) is 7.05. The third kappa shape index (κ3) is 6.20. The van der Waals surface area contributed by atoms with Gasteiger partial charge >= 0.3 is 5.97 Å². The van der Waals surface area contributed by atoms with Gasteiger partial charge in [-0.2, -0.15) is 0 Å². The maximum atomic E-state index is 12.0. The Hall–Kier alpha value is -3.09. The van der Waals surface area contributed by atoms with Crippen LogP contribution < -0.4 is 10.2 Å². The molecule has 0 saturated carbocycles. The van der Waals surface area contributed by atoms with Crippen LogP contribution in [0.5, 0.6) is 0 Å². The molecule has 1 saturated heterocycles. The van der Waals surface area contributed by atoms with Crippen molar-refractivity contribution < 1.29 is 18.8 Å². The fourth-order valence-electron chi connectivity index (χ4n) is 3.21. The molecule has 1 aromatic heterocycles. The molecule has 0 unspecified atom stereocenters. The Morgan fingerprint density at radius 2 is 1.86 bits per heavy atom. The Morgan fingerprint density at radius 1 is 1.17 bits per heavy atom. The molecule has 1 fully saturated rings. The van der Waals surface area contributed by atoms with Gasteiger partial charge in [0.1, 0.15) is 5.76 Å². The van der Waals surface area contributed by atoms with E-state index in [1.807, 2.05) is 12.1 Å². The first-order chi connectivity index (χ1) is 14.0. The predicted octanol–water partition coefficient (Wildman–Crippen LogP) is 3.95. The van der Waals surface area contributed by atoms with E-state index >= 15 is 0 Å². The molecule has 0 aliphatic carbocycles. The molecule has 7 heteroatoms. The van der Waals surface area contributed by atoms with Crippen molar-refractivity contribution in [3.8, 4) is 0 Å². The molecule has 154 valence electrons. The summed E-state index contributed by atoms with van der Waals surface area (Å²) in [6.07, 6.45) is 7.12. The fourth-order valence-corrected chi connectivity index (χ4v) is 3.21. The van der Waals surface area contributed by atoms with Crippen LogP contribution in [0.15, 0.2) is 40.9 Å². The monoisotopic (exact) mass is 397 g/mol. The van der Waals surface area contributed by atoms with Gasteiger partial charge in [0.15, 0.2) is 11.9 Å². The number of hydrogen-bond donors (Lipinski definition) is 1. The van der Waals surface area contributed by atoms with E-state index in [1.54, 1.807) is 19.1 Å². The summed E-state index contributed by atoms with van der Waals surface area (Å²) in [4.78, 5) is 26.5. The number of amides is 1. The van der Waals surface area contributed by atoms with Gasteiger partial charge in [-0.05, 0) is 50.5 Å². The molecule has 2 aromatic rings. The minimum Gasteiger partial charge on any atom is -0.449 e. The average Bonchev–Trinajstić information content (AvgIpc) is 2.95. The van der Waals surface area contributed by atoms with Gasteiger partial charge < -0.3 is 19.5 Å². The number of nitrogens with zero attached hydrogens (tertiary/aromatic N) is 2. The number of aryl methyl sites for hydroxylation is 1. The number of carbonyl (C=O) groups is 2. The van der Waals surface area contributed by atoms with Crippen molar-refractivity contribution in [2.75, 3.05) is 23.3 Å². The summed E-state index contributed by atoms with van der Waals surface area (Å²) in [5.74, 6) is -0.187. The Bertz CT molecular complexity index is 849. The first-order valence-electron chi connectivity index (χ1n) is 9.99. The summed E-state index contributed by atoms with van der Waals surface area (Å²) in [7, 11) is 0. The number of aromatic nitrogens is 1. The standard InChI is InChI=1S/C22H27N3O4/c1-16-15-20(24-29-16)23-22(27)17(2)28-21(26)12-9-18-7-10-19(11-8-18)25-13-5-3-4-6-14-25/h7-12,15,17H,3-6,13-14H2,1-2H3,(H,23,24,27)/b12-9+/t17-/m0/s1. The summed E-state index contributed by atoms with van der Waals surface area (Å²) in [6.45, 7) is 5.41. The number of rotatable bonds is 6. The summed E-state index contributed by atoms with van der Waals surface area (Å²) in [6, 6.07) is 9.69. The van der Waals surface area contributed by atoms with Crippen LogP contribution in [0.4, 0.5) is 11.5 Å². The zero-order valence-electron chi connectivity index (χ0n) is 16.9. The number of benzene rings is 1. The van der Waals surface area contributed by atoms with Crippen LogP contribution in [0.3, 0.4) is 0 Å². The van der Waals surface area contributed by atoms with Crippen LogP contribution in [0.1, 0.15) is 43.9 Å². The van der Waals surface area contributed by atoms with Crippen molar-refractivity contribution in [1.29, 1.82) is 0 Å². The van der Waals surface area contributed by atoms with Gasteiger partial charge in [0.25, 0.3) is 5.91 Å². The molecule has 29 heavy (non-hydrogen) atoms. The second-order valence-electron chi connectivity index (χ2n) is 7.22. The highest BCUT2D eigenvalue weighted by Crippen LogP contribution is 2.20. The van der Waals surface area contributed by atoms with Crippen LogP contribution in [-0.2, 0) is 14.3 Å². The number of hydrogen-bond acceptors (Lipinski definition) is 6. The van der Waals surface area contributed by atoms with Crippen molar-refractivity contribution in [3.05, 3.63) is 47.7 Å². The SMILES string of the molecule is Cc1cc(NC(=O)[C@H](C)OC(=O)/C=C/c2ccc(N3CCCCCC3)cc2)no1. The van der Waals surface area contributed by atoms with Crippen LogP contribution in [-0.4, -0.2) is 36.2 Å². The fraction of sp³-hybridized carbons (Fsp3) is 0.409. The number of ether oxygens (including phenoxy) is 1. The molecular weight excluding hydrogens is 370 g/mol. The van der Waals surface area contributed by atoms with Crippen LogP contribution in [0.25, 0.3) is 6.08 Å². The lowest BCUT2D eigenvalue weighted by Gasteiger charge is -2.22. The second-order valence-corrected chi connectivity index (χ2v) is 7.22. The molecule has 1 aliphatic heterocycles. The summed E-state index contributed by atoms with van der Waals surface area (Å²) >= 11 is 0. The van der Waals surface area contributed by atoms with Crippen molar-refractivity contribution in [1.82, 2.24) is 5.16 Å². The van der Waals surface area contributed by atoms with E-state index in [2.05, 4.69) is 27.5 Å². The number of esters is 1. The molecule has 0 bridgehead atoms. The van der Waals surface area contributed by atoms with Crippen molar-refractivity contribution in [3.63, 3.8) is 0 Å². The Balaban J connectivity index is 1.49. The van der Waals surface area contributed by atoms with Crippen molar-refractivity contribution in [2.45, 2.75) is 45.6 Å². The van der Waals surface area contributed by atoms with E-state index in [0.29, 0.717) is 5.76 Å². The van der Waals surface area contributed by atoms with Crippen molar-refractivity contribution >= 4 is 29.5 Å². The highest BCUT2D eigenvalue weighted by molar-refractivity contribution is 5.96. The zero-order chi connectivity index (χ0) is 20.6. The first kappa shape index (κ1) is 20.6. The first-order valence-corrected chi connectivity index (χ1v) is 9.99. The van der Waals surface area contributed by atoms with Gasteiger partial charge in [-0.1, -0.05) is 30.1 Å². The third-order valence-corrected chi connectivity index (χ3v) is 4.82. The highest BCUT2D eigenvalue weighted by Gasteiger charge is 2.18. The number of carbonyl (C=O) groups excluding carboxylic acids is 2. The lowest BCUT2D eigenvalue weighted by Crippen LogP contribution is -2.29. The lowest BCUT2D eigenvalue weighted by molar-refractivity contribution is -0.148. The van der Waals surface area contributed by atoms with Gasteiger partial charge in [-0.3, -0.25) is 4.79 Å². The Labute approximate surface area is 170 Å². The van der Waals surface area contributed by atoms with E-state index in [1.165, 1.54) is 44.4 Å². The van der Waals surface area contributed by atoms with Gasteiger partial charge in [0.05, 0.1) is 0 Å². The maximum absolute atomic E-state index is 12.0. The average molecular weight is 397 g/mol. The smallest absolute Gasteiger partial charge is 0.331 e. The zero-order valence-corrected chi connectivity index (χ0v) is 16.9. The molecule has 0 radical (unpaired) electrons. The van der Waals surface area contributed by atoms with E-state index in [-0.39, 0.29) is 5.82 Å². The largest absolute Gasteiger partial charge is 0.449 e. The molecular formula is C22H27N3O4. The Morgan fingerprint density at radius 3 is 2.48 bits per heavy atom. The topological polar surface area (TPSA) is 84.7 Å². The van der Waals surface area contributed by atoms with Crippen LogP contribution in [0, 0.1) is 6.92 Å². The molecule has 1 aliphatic rings. The van der Waals surface area contributed by atoms with E-state index < -0.39 is 18.0 Å². The minimum absolute atomic E-state index is 0.287. The molecule has 3 rings (SSSR count). The van der Waals surface area contributed by atoms with Gasteiger partial charge in [-0.15, -0.1) is 0 Å². The van der Waals surface area contributed by atoms with Crippen molar-refractivity contribution in [2.24, 2.45) is 0 Å². The predicted molar refractivity (Wildman–Crippen MR) is 112 cm³/mol. The van der Waals surface area contributed by atoms with E-state index in [4.69, 9.17) is 9.26 Å². The van der Waals surface area contributed by atoms with Gasteiger partial charge in [0.2, 0.25) is 0 Å². The van der Waals surface area contributed by atoms with Gasteiger partial charge in [-0.25, -0.2) is 4.79 Å². The molecule has 1 atom stereocenters. The highest BCUT2D eigenvalue weighted by atomic mass is 16.5. The lowest BCUT2D eigenvalue weighted by atomic mass is 10.1.